The number of hydrogen-bond donors (Lipinski definition) is 2. The number of carboxylic acids is 1. The Balaban J connectivity index is 1.37. The molecule has 2 amide bonds. The minimum Gasteiger partial charge on any atom is -0.484 e. The Labute approximate surface area is 222 Å². The normalized spacial score (nSPS) is 18.7. The summed E-state index contributed by atoms with van der Waals surface area (Å²) in [7, 11) is -3.75. The van der Waals surface area contributed by atoms with Gasteiger partial charge < -0.3 is 19.7 Å². The fourth-order valence-corrected chi connectivity index (χ4v) is 7.64. The number of nitrogens with zero attached hydrogens (tertiary/aromatic N) is 1. The van der Waals surface area contributed by atoms with Crippen molar-refractivity contribution in [3.8, 4) is 5.75 Å². The van der Waals surface area contributed by atoms with Crippen LogP contribution in [0.15, 0.2) is 102 Å². The van der Waals surface area contributed by atoms with Crippen LogP contribution in [0.25, 0.3) is 0 Å². The van der Waals surface area contributed by atoms with Gasteiger partial charge in [0.15, 0.2) is 12.3 Å². The number of nitrogens with one attached hydrogen (secondary N) is 1. The van der Waals surface area contributed by atoms with Crippen LogP contribution in [0.4, 0.5) is 0 Å². The second-order valence-electron chi connectivity index (χ2n) is 8.45. The number of para-hydroxylation sites is 1. The molecule has 5 rings (SSSR count). The first-order valence-corrected chi connectivity index (χ1v) is 14.3. The van der Waals surface area contributed by atoms with E-state index in [0.717, 1.165) is 4.90 Å². The standard InChI is InChI=1S/C27H23N2O7PS/c30-22(16-35-18-10-4-1-5-11-18)28-23-25(31)29-24(27(32)33)21(17-38-26(23)29)36-37(34,19-12-6-2-7-13-19)20-14-8-3-9-15-20/h1-15,23,26H,16-17H2,(H,28,30)(H,32,33)/t23-,26-/m1/s1. The van der Waals surface area contributed by atoms with Crippen LogP contribution in [0.3, 0.4) is 0 Å². The van der Waals surface area contributed by atoms with E-state index < -0.39 is 36.6 Å². The van der Waals surface area contributed by atoms with E-state index in [9.17, 15) is 24.1 Å². The van der Waals surface area contributed by atoms with E-state index in [0.29, 0.717) is 16.4 Å². The van der Waals surface area contributed by atoms with Gasteiger partial charge >= 0.3 is 13.3 Å². The number of thioether (sulfide) groups is 1. The van der Waals surface area contributed by atoms with E-state index in [1.807, 2.05) is 6.07 Å². The molecule has 2 atom stereocenters. The van der Waals surface area contributed by atoms with Gasteiger partial charge in [-0.2, -0.15) is 0 Å². The number of benzene rings is 3. The summed E-state index contributed by atoms with van der Waals surface area (Å²) in [6.45, 7) is -0.293. The van der Waals surface area contributed by atoms with Crippen molar-refractivity contribution in [3.63, 3.8) is 0 Å². The maximum Gasteiger partial charge on any atom is 0.356 e. The minimum absolute atomic E-state index is 0.0482. The molecule has 194 valence electrons. The van der Waals surface area contributed by atoms with Gasteiger partial charge in [0.2, 0.25) is 0 Å². The van der Waals surface area contributed by atoms with Crippen LogP contribution in [0.1, 0.15) is 0 Å². The van der Waals surface area contributed by atoms with Gasteiger partial charge in [-0.1, -0.05) is 54.6 Å². The number of hydrogen-bond acceptors (Lipinski definition) is 7. The molecule has 9 nitrogen and oxygen atoms in total. The molecule has 38 heavy (non-hydrogen) atoms. The van der Waals surface area contributed by atoms with Gasteiger partial charge in [0.1, 0.15) is 22.9 Å². The molecule has 3 aromatic rings. The average Bonchev–Trinajstić information content (AvgIpc) is 2.95. The molecule has 11 heteroatoms. The van der Waals surface area contributed by atoms with Crippen LogP contribution in [0, 0.1) is 0 Å². The van der Waals surface area contributed by atoms with E-state index in [4.69, 9.17) is 9.26 Å². The van der Waals surface area contributed by atoms with Crippen LogP contribution < -0.4 is 20.7 Å². The molecule has 3 aromatic carbocycles. The lowest BCUT2D eigenvalue weighted by molar-refractivity contribution is -0.151. The third-order valence-electron chi connectivity index (χ3n) is 6.00. The predicted molar refractivity (Wildman–Crippen MR) is 142 cm³/mol. The highest BCUT2D eigenvalue weighted by molar-refractivity contribution is 8.00. The fourth-order valence-electron chi connectivity index (χ4n) is 4.20. The predicted octanol–water partition coefficient (Wildman–Crippen LogP) is 2.71. The summed E-state index contributed by atoms with van der Waals surface area (Å²) in [5.41, 5.74) is -0.378. The maximum atomic E-state index is 14.3. The van der Waals surface area contributed by atoms with Crippen molar-refractivity contribution in [2.75, 3.05) is 12.4 Å². The number of carbonyl (C=O) groups excluding carboxylic acids is 2. The van der Waals surface area contributed by atoms with Crippen molar-refractivity contribution < 1.29 is 33.3 Å². The van der Waals surface area contributed by atoms with Crippen LogP contribution in [-0.4, -0.2) is 51.6 Å². The molecule has 0 aromatic heterocycles. The minimum atomic E-state index is -3.75. The van der Waals surface area contributed by atoms with Crippen molar-refractivity contribution >= 4 is 47.5 Å². The topological polar surface area (TPSA) is 122 Å². The second-order valence-corrected chi connectivity index (χ2v) is 11.9. The molecule has 0 unspecified atom stereocenters. The lowest BCUT2D eigenvalue weighted by Crippen LogP contribution is -2.70. The van der Waals surface area contributed by atoms with Crippen LogP contribution >= 0.6 is 19.1 Å². The Morgan fingerprint density at radius 1 is 0.947 bits per heavy atom. The molecule has 2 aliphatic rings. The Bertz CT molecular complexity index is 1390. The highest BCUT2D eigenvalue weighted by Crippen LogP contribution is 2.50. The summed E-state index contributed by atoms with van der Waals surface area (Å²) >= 11 is 1.22. The lowest BCUT2D eigenvalue weighted by Gasteiger charge is -2.49. The zero-order valence-corrected chi connectivity index (χ0v) is 21.6. The van der Waals surface area contributed by atoms with Gasteiger partial charge in [-0.15, -0.1) is 11.8 Å². The molecule has 0 aliphatic carbocycles. The van der Waals surface area contributed by atoms with E-state index in [2.05, 4.69) is 5.32 Å². The number of rotatable bonds is 9. The first-order valence-electron chi connectivity index (χ1n) is 11.7. The Kier molecular flexibility index (Phi) is 7.26. The zero-order chi connectivity index (χ0) is 26.7. The summed E-state index contributed by atoms with van der Waals surface area (Å²) in [6, 6.07) is 24.9. The third-order valence-corrected chi connectivity index (χ3v) is 9.68. The van der Waals surface area contributed by atoms with Gasteiger partial charge in [0.25, 0.3) is 11.8 Å². The van der Waals surface area contributed by atoms with Gasteiger partial charge in [-0.25, -0.2) is 4.79 Å². The quantitative estimate of drug-likeness (QED) is 0.308. The van der Waals surface area contributed by atoms with E-state index in [1.165, 1.54) is 11.8 Å². The second kappa shape index (κ2) is 10.8. The number of ether oxygens (including phenoxy) is 1. The highest BCUT2D eigenvalue weighted by Gasteiger charge is 2.55. The molecule has 2 N–H and O–H groups in total. The number of carbonyl (C=O) groups is 3. The lowest BCUT2D eigenvalue weighted by atomic mass is 10.0. The molecule has 1 fully saturated rings. The summed E-state index contributed by atoms with van der Waals surface area (Å²) < 4.78 is 25.8. The monoisotopic (exact) mass is 550 g/mol. The van der Waals surface area contributed by atoms with E-state index >= 15 is 0 Å². The summed E-state index contributed by atoms with van der Waals surface area (Å²) in [5.74, 6) is -2.00. The van der Waals surface area contributed by atoms with Crippen molar-refractivity contribution in [3.05, 3.63) is 102 Å². The maximum absolute atomic E-state index is 14.3. The first-order chi connectivity index (χ1) is 18.4. The molecule has 1 saturated heterocycles. The van der Waals surface area contributed by atoms with Crippen molar-refractivity contribution in [2.24, 2.45) is 0 Å². The zero-order valence-electron chi connectivity index (χ0n) is 19.9. The SMILES string of the molecule is O=C(COc1ccccc1)N[C@@H]1C(=O)N2C(C(=O)O)=C(OP(=O)(c3ccccc3)c3ccccc3)CS[C@H]12. The number of amides is 2. The smallest absolute Gasteiger partial charge is 0.356 e. The van der Waals surface area contributed by atoms with Crippen molar-refractivity contribution in [2.45, 2.75) is 11.4 Å². The molecule has 0 bridgehead atoms. The summed E-state index contributed by atoms with van der Waals surface area (Å²) in [5, 5.41) is 12.8. The molecule has 0 saturated carbocycles. The molecular formula is C27H23N2O7PS. The third kappa shape index (κ3) is 4.92. The van der Waals surface area contributed by atoms with Gasteiger partial charge in [-0.05, 0) is 36.4 Å². The number of carboxylic acid groups (broad SMARTS) is 1. The number of aliphatic carboxylic acids is 1. The van der Waals surface area contributed by atoms with Gasteiger partial charge in [-0.3, -0.25) is 19.1 Å². The molecule has 2 aliphatic heterocycles. The Morgan fingerprint density at radius 3 is 2.05 bits per heavy atom. The average molecular weight is 551 g/mol. The first kappa shape index (κ1) is 25.6. The molecule has 0 spiro atoms. The van der Waals surface area contributed by atoms with Crippen LogP contribution in [0.2, 0.25) is 0 Å². The van der Waals surface area contributed by atoms with Crippen LogP contribution in [-0.2, 0) is 23.5 Å². The Morgan fingerprint density at radius 2 is 1.50 bits per heavy atom. The highest BCUT2D eigenvalue weighted by atomic mass is 32.2. The van der Waals surface area contributed by atoms with Gasteiger partial charge in [0.05, 0.1) is 16.4 Å². The largest absolute Gasteiger partial charge is 0.484 e. The molecule has 0 radical (unpaired) electrons. The summed E-state index contributed by atoms with van der Waals surface area (Å²) in [4.78, 5) is 38.8. The summed E-state index contributed by atoms with van der Waals surface area (Å²) in [6.07, 6.45) is 0. The van der Waals surface area contributed by atoms with Crippen molar-refractivity contribution in [1.29, 1.82) is 0 Å². The van der Waals surface area contributed by atoms with Crippen LogP contribution in [0.5, 0.6) is 5.75 Å². The molecular weight excluding hydrogens is 527 g/mol. The van der Waals surface area contributed by atoms with E-state index in [1.54, 1.807) is 84.9 Å². The number of fused-ring (bicyclic) bond motifs is 1. The van der Waals surface area contributed by atoms with E-state index in [-0.39, 0.29) is 23.8 Å². The molecule has 2 heterocycles. The van der Waals surface area contributed by atoms with Crippen molar-refractivity contribution in [1.82, 2.24) is 10.2 Å². The Hall–Kier alpha value is -4.01. The van der Waals surface area contributed by atoms with Gasteiger partial charge in [0, 0.05) is 0 Å². The number of β-lactam (4-membered cyclic amide) rings is 1. The fraction of sp³-hybridized carbons (Fsp3) is 0.148.